The third-order valence-corrected chi connectivity index (χ3v) is 6.18. The lowest BCUT2D eigenvalue weighted by Gasteiger charge is -2.19. The highest BCUT2D eigenvalue weighted by Gasteiger charge is 2.42. The molecule has 0 aromatic heterocycles. The van der Waals surface area contributed by atoms with Gasteiger partial charge < -0.3 is 4.74 Å². The molecule has 1 saturated carbocycles. The molecule has 2 atom stereocenters. The molecule has 4 nitrogen and oxygen atoms in total. The molecule has 20 heavy (non-hydrogen) atoms. The lowest BCUT2D eigenvalue weighted by atomic mass is 10.1. The molecule has 0 amide bonds. The highest BCUT2D eigenvalue weighted by molar-refractivity contribution is 9.10. The highest BCUT2D eigenvalue weighted by Crippen LogP contribution is 2.39. The Bertz CT molecular complexity index is 618. The second-order valence-corrected chi connectivity index (χ2v) is 8.27. The number of nitrogens with one attached hydrogen (secondary N) is 1. The van der Waals surface area contributed by atoms with Crippen molar-refractivity contribution < 1.29 is 13.2 Å². The Balaban J connectivity index is 1.81. The van der Waals surface area contributed by atoms with E-state index in [4.69, 9.17) is 16.3 Å². The van der Waals surface area contributed by atoms with Gasteiger partial charge in [0, 0.05) is 11.1 Å². The van der Waals surface area contributed by atoms with Crippen molar-refractivity contribution in [2.24, 2.45) is 5.92 Å². The van der Waals surface area contributed by atoms with E-state index < -0.39 is 10.0 Å². The van der Waals surface area contributed by atoms with E-state index in [1.807, 2.05) is 0 Å². The fourth-order valence-corrected chi connectivity index (χ4v) is 4.90. The Morgan fingerprint density at radius 3 is 2.70 bits per heavy atom. The molecule has 1 heterocycles. The van der Waals surface area contributed by atoms with Crippen molar-refractivity contribution in [1.29, 1.82) is 0 Å². The third-order valence-electron chi connectivity index (χ3n) is 3.71. The molecule has 7 heteroatoms. The Kier molecular flexibility index (Phi) is 4.12. The normalized spacial score (nSPS) is 26.9. The number of hydrogen-bond acceptors (Lipinski definition) is 3. The SMILES string of the molecule is O=S(=O)(NC1CCOC1C1CC1)c1ccc(Br)cc1Cl. The van der Waals surface area contributed by atoms with E-state index in [9.17, 15) is 8.42 Å². The second kappa shape index (κ2) is 5.57. The van der Waals surface area contributed by atoms with Crippen LogP contribution in [0.3, 0.4) is 0 Å². The second-order valence-electron chi connectivity index (χ2n) is 5.26. The maximum absolute atomic E-state index is 12.4. The zero-order valence-electron chi connectivity index (χ0n) is 10.7. The van der Waals surface area contributed by atoms with E-state index in [1.165, 1.54) is 6.07 Å². The largest absolute Gasteiger partial charge is 0.376 e. The molecule has 1 aliphatic carbocycles. The summed E-state index contributed by atoms with van der Waals surface area (Å²) in [6.45, 7) is 0.614. The number of benzene rings is 1. The zero-order chi connectivity index (χ0) is 14.3. The summed E-state index contributed by atoms with van der Waals surface area (Å²) in [6.07, 6.45) is 2.98. The minimum absolute atomic E-state index is 0.0130. The van der Waals surface area contributed by atoms with Gasteiger partial charge in [0.15, 0.2) is 0 Å². The molecule has 1 aliphatic heterocycles. The molecule has 2 unspecified atom stereocenters. The predicted octanol–water partition coefficient (Wildman–Crippen LogP) is 2.95. The van der Waals surface area contributed by atoms with Crippen LogP contribution in [0.5, 0.6) is 0 Å². The molecule has 1 saturated heterocycles. The molecule has 2 aliphatic rings. The number of ether oxygens (including phenoxy) is 1. The summed E-state index contributed by atoms with van der Waals surface area (Å²) in [5, 5.41) is 0.216. The maximum Gasteiger partial charge on any atom is 0.242 e. The monoisotopic (exact) mass is 379 g/mol. The van der Waals surface area contributed by atoms with Gasteiger partial charge in [-0.3, -0.25) is 0 Å². The Hall–Kier alpha value is -0.140. The molecule has 0 spiro atoms. The van der Waals surface area contributed by atoms with Crippen molar-refractivity contribution in [3.05, 3.63) is 27.7 Å². The smallest absolute Gasteiger partial charge is 0.242 e. The van der Waals surface area contributed by atoms with Crippen molar-refractivity contribution >= 4 is 37.6 Å². The van der Waals surface area contributed by atoms with E-state index >= 15 is 0 Å². The summed E-state index contributed by atoms with van der Waals surface area (Å²) < 4.78 is 34.0. The Morgan fingerprint density at radius 2 is 2.05 bits per heavy atom. The molecule has 0 radical (unpaired) electrons. The quantitative estimate of drug-likeness (QED) is 0.874. The van der Waals surface area contributed by atoms with Crippen molar-refractivity contribution in [2.75, 3.05) is 6.61 Å². The summed E-state index contributed by atoms with van der Waals surface area (Å²) in [5.41, 5.74) is 0. The summed E-state index contributed by atoms with van der Waals surface area (Å²) in [5.74, 6) is 0.505. The van der Waals surface area contributed by atoms with E-state index in [-0.39, 0.29) is 22.1 Å². The van der Waals surface area contributed by atoms with Crippen LogP contribution < -0.4 is 4.72 Å². The molecule has 1 N–H and O–H groups in total. The van der Waals surface area contributed by atoms with Gasteiger partial charge >= 0.3 is 0 Å². The van der Waals surface area contributed by atoms with E-state index in [0.717, 1.165) is 17.3 Å². The van der Waals surface area contributed by atoms with Crippen LogP contribution in [0, 0.1) is 5.92 Å². The van der Waals surface area contributed by atoms with Crippen molar-refractivity contribution in [1.82, 2.24) is 4.72 Å². The molecule has 0 bridgehead atoms. The number of sulfonamides is 1. The van der Waals surface area contributed by atoms with Crippen LogP contribution >= 0.6 is 27.5 Å². The number of halogens is 2. The van der Waals surface area contributed by atoms with Crippen LogP contribution in [0.25, 0.3) is 0 Å². The van der Waals surface area contributed by atoms with Gasteiger partial charge in [-0.2, -0.15) is 0 Å². The molecule has 2 fully saturated rings. The molecular formula is C13H15BrClNO3S. The summed E-state index contributed by atoms with van der Waals surface area (Å²) in [7, 11) is -3.61. The first-order chi connectivity index (χ1) is 9.47. The first-order valence-electron chi connectivity index (χ1n) is 6.56. The maximum atomic E-state index is 12.4. The van der Waals surface area contributed by atoms with Gasteiger partial charge in [0.25, 0.3) is 0 Å². The predicted molar refractivity (Wildman–Crippen MR) is 80.3 cm³/mol. The Labute approximate surface area is 132 Å². The van der Waals surface area contributed by atoms with Gasteiger partial charge in [-0.05, 0) is 43.4 Å². The van der Waals surface area contributed by atoms with Gasteiger partial charge in [-0.1, -0.05) is 27.5 Å². The van der Waals surface area contributed by atoms with E-state index in [0.29, 0.717) is 18.9 Å². The van der Waals surface area contributed by atoms with Gasteiger partial charge in [-0.15, -0.1) is 0 Å². The van der Waals surface area contributed by atoms with Crippen LogP contribution in [0.2, 0.25) is 5.02 Å². The first kappa shape index (κ1) is 14.8. The van der Waals surface area contributed by atoms with Crippen molar-refractivity contribution in [3.8, 4) is 0 Å². The minimum atomic E-state index is -3.61. The molecule has 1 aromatic rings. The molecule has 1 aromatic carbocycles. The average molecular weight is 381 g/mol. The number of hydrogen-bond donors (Lipinski definition) is 1. The topological polar surface area (TPSA) is 55.4 Å². The van der Waals surface area contributed by atoms with Gasteiger partial charge in [0.05, 0.1) is 17.2 Å². The summed E-state index contributed by atoms with van der Waals surface area (Å²) in [4.78, 5) is 0.115. The van der Waals surface area contributed by atoms with Crippen LogP contribution in [-0.2, 0) is 14.8 Å². The molecular weight excluding hydrogens is 366 g/mol. The van der Waals surface area contributed by atoms with Crippen molar-refractivity contribution in [2.45, 2.75) is 36.3 Å². The fraction of sp³-hybridized carbons (Fsp3) is 0.538. The third kappa shape index (κ3) is 3.04. The summed E-state index contributed by atoms with van der Waals surface area (Å²) in [6, 6.07) is 4.62. The van der Waals surface area contributed by atoms with Crippen LogP contribution in [0.15, 0.2) is 27.6 Å². The van der Waals surface area contributed by atoms with Crippen molar-refractivity contribution in [3.63, 3.8) is 0 Å². The first-order valence-corrected chi connectivity index (χ1v) is 9.22. The molecule has 110 valence electrons. The van der Waals surface area contributed by atoms with Gasteiger partial charge in [-0.25, -0.2) is 13.1 Å². The Morgan fingerprint density at radius 1 is 1.30 bits per heavy atom. The average Bonchev–Trinajstić information content (AvgIpc) is 3.10. The van der Waals surface area contributed by atoms with Gasteiger partial charge in [0.1, 0.15) is 4.90 Å². The van der Waals surface area contributed by atoms with Crippen LogP contribution in [0.1, 0.15) is 19.3 Å². The lowest BCUT2D eigenvalue weighted by Crippen LogP contribution is -2.41. The number of rotatable bonds is 4. The molecule has 3 rings (SSSR count). The summed E-state index contributed by atoms with van der Waals surface area (Å²) >= 11 is 9.30. The van der Waals surface area contributed by atoms with Crippen LogP contribution in [-0.4, -0.2) is 27.2 Å². The van der Waals surface area contributed by atoms with E-state index in [1.54, 1.807) is 12.1 Å². The highest BCUT2D eigenvalue weighted by atomic mass is 79.9. The zero-order valence-corrected chi connectivity index (χ0v) is 13.8. The lowest BCUT2D eigenvalue weighted by molar-refractivity contribution is 0.0848. The van der Waals surface area contributed by atoms with Gasteiger partial charge in [0.2, 0.25) is 10.0 Å². The minimum Gasteiger partial charge on any atom is -0.376 e. The van der Waals surface area contributed by atoms with E-state index in [2.05, 4.69) is 20.7 Å². The standard InChI is InChI=1S/C13H15BrClNO3S/c14-9-3-4-12(10(15)7-9)20(17,18)16-11-5-6-19-13(11)8-1-2-8/h3-4,7-8,11,13,16H,1-2,5-6H2. The fourth-order valence-electron chi connectivity index (χ4n) is 2.58. The van der Waals surface area contributed by atoms with Crippen LogP contribution in [0.4, 0.5) is 0 Å².